The number of thioether (sulfide) groups is 1. The van der Waals surface area contributed by atoms with Crippen molar-refractivity contribution in [2.75, 3.05) is 5.75 Å². The molecule has 1 atom stereocenters. The average molecular weight is 444 g/mol. The summed E-state index contributed by atoms with van der Waals surface area (Å²) in [4.78, 5) is 32.8. The number of hydrogen-bond acceptors (Lipinski definition) is 6. The molecule has 9 heteroatoms. The van der Waals surface area contributed by atoms with E-state index in [0.717, 1.165) is 11.1 Å². The Morgan fingerprint density at radius 2 is 2.13 bits per heavy atom. The number of furan rings is 1. The van der Waals surface area contributed by atoms with Gasteiger partial charge in [-0.1, -0.05) is 12.1 Å². The minimum absolute atomic E-state index is 0.143. The Morgan fingerprint density at radius 1 is 1.33 bits per heavy atom. The van der Waals surface area contributed by atoms with Crippen LogP contribution in [0.25, 0.3) is 21.5 Å². The van der Waals surface area contributed by atoms with Crippen LogP contribution in [0.1, 0.15) is 23.6 Å². The molecule has 1 amide bonds. The Morgan fingerprint density at radius 3 is 2.87 bits per heavy atom. The fourth-order valence-corrected chi connectivity index (χ4v) is 4.61. The molecular weight excluding hydrogens is 425 g/mol. The van der Waals surface area contributed by atoms with Crippen LogP contribution in [0.2, 0.25) is 0 Å². The summed E-state index contributed by atoms with van der Waals surface area (Å²) in [7, 11) is 0. The van der Waals surface area contributed by atoms with Gasteiger partial charge < -0.3 is 14.7 Å². The Bertz CT molecular complexity index is 1220. The first-order valence-electron chi connectivity index (χ1n) is 9.19. The van der Waals surface area contributed by atoms with Crippen molar-refractivity contribution in [3.63, 3.8) is 0 Å². The summed E-state index contributed by atoms with van der Waals surface area (Å²) in [5, 5.41) is 4.99. The maximum absolute atomic E-state index is 12.9. The fraction of sp³-hybridized carbons (Fsp3) is 0.190. The molecule has 1 aromatic carbocycles. The van der Waals surface area contributed by atoms with E-state index in [4.69, 9.17) is 4.42 Å². The lowest BCUT2D eigenvalue weighted by atomic mass is 10.2. The van der Waals surface area contributed by atoms with Crippen molar-refractivity contribution in [3.8, 4) is 11.3 Å². The molecular formula is C21H18FN3O3S2. The third-order valence-corrected chi connectivity index (χ3v) is 6.53. The van der Waals surface area contributed by atoms with E-state index in [1.54, 1.807) is 30.5 Å². The third kappa shape index (κ3) is 4.47. The van der Waals surface area contributed by atoms with Crippen molar-refractivity contribution in [3.05, 3.63) is 75.6 Å². The van der Waals surface area contributed by atoms with Crippen LogP contribution >= 0.6 is 23.1 Å². The van der Waals surface area contributed by atoms with E-state index in [2.05, 4.69) is 15.3 Å². The van der Waals surface area contributed by atoms with Gasteiger partial charge in [-0.05, 0) is 36.8 Å². The van der Waals surface area contributed by atoms with Gasteiger partial charge in [-0.2, -0.15) is 0 Å². The number of nitrogens with one attached hydrogen (secondary N) is 2. The molecule has 6 nitrogen and oxygen atoms in total. The molecule has 0 bridgehead atoms. The van der Waals surface area contributed by atoms with Gasteiger partial charge in [0.2, 0.25) is 5.91 Å². The lowest BCUT2D eigenvalue weighted by Crippen LogP contribution is -2.25. The minimum atomic E-state index is -0.310. The number of fused-ring (bicyclic) bond motifs is 1. The molecule has 0 aliphatic carbocycles. The highest BCUT2D eigenvalue weighted by molar-refractivity contribution is 8.00. The van der Waals surface area contributed by atoms with Gasteiger partial charge in [0.05, 0.1) is 22.7 Å². The van der Waals surface area contributed by atoms with E-state index in [1.807, 2.05) is 12.3 Å². The Hall–Kier alpha value is -2.91. The number of halogens is 1. The smallest absolute Gasteiger partial charge is 0.260 e. The molecule has 3 aromatic heterocycles. The first kappa shape index (κ1) is 20.4. The number of carbonyl (C=O) groups is 1. The van der Waals surface area contributed by atoms with Crippen molar-refractivity contribution in [2.45, 2.75) is 18.7 Å². The summed E-state index contributed by atoms with van der Waals surface area (Å²) >= 11 is 2.76. The molecule has 0 radical (unpaired) electrons. The highest BCUT2D eigenvalue weighted by Crippen LogP contribution is 2.32. The topological polar surface area (TPSA) is 88.0 Å². The summed E-state index contributed by atoms with van der Waals surface area (Å²) in [5.41, 5.74) is 1.32. The monoisotopic (exact) mass is 443 g/mol. The van der Waals surface area contributed by atoms with E-state index >= 15 is 0 Å². The van der Waals surface area contributed by atoms with Crippen LogP contribution in [-0.4, -0.2) is 21.6 Å². The van der Waals surface area contributed by atoms with Crippen molar-refractivity contribution < 1.29 is 13.6 Å². The predicted molar refractivity (Wildman–Crippen MR) is 117 cm³/mol. The first-order chi connectivity index (χ1) is 14.5. The van der Waals surface area contributed by atoms with Crippen LogP contribution in [0.4, 0.5) is 4.39 Å². The van der Waals surface area contributed by atoms with Crippen LogP contribution in [0.3, 0.4) is 0 Å². The number of amides is 1. The highest BCUT2D eigenvalue weighted by atomic mass is 32.2. The van der Waals surface area contributed by atoms with Gasteiger partial charge in [-0.15, -0.1) is 23.1 Å². The molecule has 0 spiro atoms. The molecule has 0 saturated heterocycles. The zero-order chi connectivity index (χ0) is 21.1. The van der Waals surface area contributed by atoms with Gasteiger partial charge in [-0.25, -0.2) is 9.37 Å². The second-order valence-corrected chi connectivity index (χ2v) is 8.80. The van der Waals surface area contributed by atoms with Gasteiger partial charge in [0.15, 0.2) is 0 Å². The number of aromatic nitrogens is 2. The van der Waals surface area contributed by atoms with E-state index < -0.39 is 0 Å². The van der Waals surface area contributed by atoms with E-state index in [0.29, 0.717) is 28.3 Å². The minimum Gasteiger partial charge on any atom is -0.464 e. The Labute approximate surface area is 179 Å². The van der Waals surface area contributed by atoms with E-state index in [1.165, 1.54) is 35.2 Å². The van der Waals surface area contributed by atoms with E-state index in [-0.39, 0.29) is 28.3 Å². The van der Waals surface area contributed by atoms with Gasteiger partial charge in [0.1, 0.15) is 22.2 Å². The van der Waals surface area contributed by atoms with Crippen molar-refractivity contribution in [2.24, 2.45) is 0 Å². The molecule has 154 valence electrons. The molecule has 2 N–H and O–H groups in total. The van der Waals surface area contributed by atoms with Crippen molar-refractivity contribution in [1.29, 1.82) is 0 Å². The number of aromatic amines is 1. The number of carbonyl (C=O) groups excluding carboxylic acids is 1. The van der Waals surface area contributed by atoms with Crippen LogP contribution in [0.15, 0.2) is 57.3 Å². The quantitative estimate of drug-likeness (QED) is 0.439. The van der Waals surface area contributed by atoms with Crippen LogP contribution in [-0.2, 0) is 11.3 Å². The summed E-state index contributed by atoms with van der Waals surface area (Å²) in [6, 6.07) is 9.56. The van der Waals surface area contributed by atoms with Crippen LogP contribution in [0, 0.1) is 5.82 Å². The van der Waals surface area contributed by atoms with Crippen LogP contribution in [0.5, 0.6) is 0 Å². The average Bonchev–Trinajstić information content (AvgIpc) is 3.41. The molecule has 30 heavy (non-hydrogen) atoms. The largest absolute Gasteiger partial charge is 0.464 e. The predicted octanol–water partition coefficient (Wildman–Crippen LogP) is 4.49. The molecule has 1 unspecified atom stereocenters. The molecule has 0 aliphatic heterocycles. The number of H-pyrrole nitrogens is 1. The van der Waals surface area contributed by atoms with Gasteiger partial charge >= 0.3 is 0 Å². The fourth-order valence-electron chi connectivity index (χ4n) is 2.90. The Balaban J connectivity index is 1.39. The van der Waals surface area contributed by atoms with Crippen molar-refractivity contribution in [1.82, 2.24) is 15.3 Å². The van der Waals surface area contributed by atoms with Crippen molar-refractivity contribution >= 4 is 39.2 Å². The highest BCUT2D eigenvalue weighted by Gasteiger charge is 2.18. The normalized spacial score (nSPS) is 12.2. The molecule has 4 aromatic rings. The summed E-state index contributed by atoms with van der Waals surface area (Å²) < 4.78 is 18.3. The summed E-state index contributed by atoms with van der Waals surface area (Å²) in [6.07, 6.45) is 1.56. The second-order valence-electron chi connectivity index (χ2n) is 6.61. The maximum Gasteiger partial charge on any atom is 0.260 e. The van der Waals surface area contributed by atoms with Gasteiger partial charge in [-0.3, -0.25) is 9.59 Å². The Kier molecular flexibility index (Phi) is 6.01. The molecule has 0 fully saturated rings. The number of hydrogen-bond donors (Lipinski definition) is 2. The lowest BCUT2D eigenvalue weighted by molar-refractivity contribution is -0.118. The number of benzene rings is 1. The lowest BCUT2D eigenvalue weighted by Gasteiger charge is -2.11. The molecule has 0 aliphatic rings. The summed E-state index contributed by atoms with van der Waals surface area (Å²) in [5.74, 6) is 0.913. The summed E-state index contributed by atoms with van der Waals surface area (Å²) in [6.45, 7) is 2.23. The SMILES string of the molecule is CC(SCC(=O)NCc1ccc(F)cc1)c1nc2scc(-c3ccco3)c2c(=O)[nH]1. The number of rotatable bonds is 7. The molecule has 4 rings (SSSR count). The van der Waals surface area contributed by atoms with Gasteiger partial charge in [0.25, 0.3) is 5.56 Å². The van der Waals surface area contributed by atoms with E-state index in [9.17, 15) is 14.0 Å². The zero-order valence-electron chi connectivity index (χ0n) is 16.0. The standard InChI is InChI=1S/C21H18FN3O3S2/c1-12(29-11-17(26)23-9-13-4-6-14(22)7-5-13)19-24-20(27)18-15(10-30-21(18)25-19)16-3-2-8-28-16/h2-8,10,12H,9,11H2,1H3,(H,23,26)(H,24,25,27). The number of nitrogens with zero attached hydrogens (tertiary/aromatic N) is 1. The molecule has 3 heterocycles. The first-order valence-corrected chi connectivity index (χ1v) is 11.1. The maximum atomic E-state index is 12.9. The third-order valence-electron chi connectivity index (χ3n) is 4.50. The zero-order valence-corrected chi connectivity index (χ0v) is 17.6. The number of thiophene rings is 1. The van der Waals surface area contributed by atoms with Crippen LogP contribution < -0.4 is 10.9 Å². The second kappa shape index (κ2) is 8.85. The van der Waals surface area contributed by atoms with Gasteiger partial charge in [0, 0.05) is 17.5 Å². The molecule has 0 saturated carbocycles.